The number of phenols is 1. The molecule has 0 aliphatic carbocycles. The van der Waals surface area contributed by atoms with Crippen LogP contribution < -0.4 is 10.6 Å². The molecular weight excluding hydrogens is 476 g/mol. The van der Waals surface area contributed by atoms with Gasteiger partial charge in [-0.2, -0.15) is 0 Å². The van der Waals surface area contributed by atoms with Crippen LogP contribution in [0.2, 0.25) is 0 Å². The highest BCUT2D eigenvalue weighted by molar-refractivity contribution is 6.01. The summed E-state index contributed by atoms with van der Waals surface area (Å²) in [6.45, 7) is 0.763. The first-order valence-corrected chi connectivity index (χ1v) is 12.2. The quantitative estimate of drug-likeness (QED) is 0.169. The van der Waals surface area contributed by atoms with E-state index in [9.17, 15) is 19.8 Å². The van der Waals surface area contributed by atoms with Crippen LogP contribution in [-0.2, 0) is 6.54 Å². The zero-order chi connectivity index (χ0) is 26.5. The minimum Gasteiger partial charge on any atom is -0.508 e. The van der Waals surface area contributed by atoms with Crippen LogP contribution in [0.15, 0.2) is 109 Å². The molecule has 0 atom stereocenters. The largest absolute Gasteiger partial charge is 0.508 e. The summed E-state index contributed by atoms with van der Waals surface area (Å²) in [7, 11) is 0. The van der Waals surface area contributed by atoms with E-state index < -0.39 is 5.97 Å². The first-order valence-electron chi connectivity index (χ1n) is 12.2. The van der Waals surface area contributed by atoms with Gasteiger partial charge in [-0.1, -0.05) is 60.7 Å². The predicted molar refractivity (Wildman–Crippen MR) is 150 cm³/mol. The topological polar surface area (TPSA) is 98.7 Å². The Morgan fingerprint density at radius 2 is 1.47 bits per heavy atom. The van der Waals surface area contributed by atoms with Crippen molar-refractivity contribution in [2.24, 2.45) is 0 Å². The molecule has 6 nitrogen and oxygen atoms in total. The third-order valence-electron chi connectivity index (χ3n) is 6.34. The minimum atomic E-state index is -0.977. The third-order valence-corrected chi connectivity index (χ3v) is 6.34. The summed E-state index contributed by atoms with van der Waals surface area (Å²) >= 11 is 0. The number of para-hydroxylation sites is 1. The van der Waals surface area contributed by atoms with Crippen molar-refractivity contribution in [1.82, 2.24) is 5.32 Å². The van der Waals surface area contributed by atoms with Crippen molar-refractivity contribution in [1.29, 1.82) is 0 Å². The molecule has 0 aliphatic rings. The molecule has 0 spiro atoms. The normalized spacial score (nSPS) is 10.8. The number of nitrogens with one attached hydrogen (secondary N) is 2. The van der Waals surface area contributed by atoms with Crippen LogP contribution in [0.4, 0.5) is 11.4 Å². The Morgan fingerprint density at radius 3 is 2.29 bits per heavy atom. The number of benzene rings is 5. The molecule has 5 rings (SSSR count). The van der Waals surface area contributed by atoms with Gasteiger partial charge in [0.15, 0.2) is 5.78 Å². The monoisotopic (exact) mass is 502 g/mol. The summed E-state index contributed by atoms with van der Waals surface area (Å²) in [5.74, 6) is -0.770. The highest BCUT2D eigenvalue weighted by atomic mass is 16.4. The van der Waals surface area contributed by atoms with E-state index in [0.29, 0.717) is 17.8 Å². The number of carbonyl (C=O) groups excluding carboxylic acids is 1. The van der Waals surface area contributed by atoms with Gasteiger partial charge in [0.05, 0.1) is 17.8 Å². The second-order valence-electron chi connectivity index (χ2n) is 9.03. The number of Topliss-reactive ketones (excluding diaryl/α,β-unsaturated/α-hetero) is 1. The predicted octanol–water partition coefficient (Wildman–Crippen LogP) is 6.63. The van der Waals surface area contributed by atoms with Crippen molar-refractivity contribution in [3.8, 4) is 16.9 Å². The van der Waals surface area contributed by atoms with Crippen LogP contribution in [0.25, 0.3) is 21.9 Å². The van der Waals surface area contributed by atoms with E-state index in [1.165, 1.54) is 0 Å². The number of hydrogen-bond donors (Lipinski definition) is 4. The second kappa shape index (κ2) is 11.0. The SMILES string of the molecule is O=C(CNCc1cccc(-c2ccc(Nc3ccccc3C(=O)O)cc2)c1)c1ccc2cc(O)ccc2c1. The van der Waals surface area contributed by atoms with Gasteiger partial charge in [0.1, 0.15) is 5.75 Å². The number of fused-ring (bicyclic) bond motifs is 1. The summed E-state index contributed by atoms with van der Waals surface area (Å²) < 4.78 is 0. The molecule has 0 radical (unpaired) electrons. The molecule has 0 heterocycles. The van der Waals surface area contributed by atoms with Crippen molar-refractivity contribution in [3.63, 3.8) is 0 Å². The molecule has 188 valence electrons. The fraction of sp³-hybridized carbons (Fsp3) is 0.0625. The standard InChI is InChI=1S/C32H26N2O4/c35-28-15-12-24-17-26(9-8-25(24)18-28)31(36)20-33-19-21-4-3-5-23(16-21)22-10-13-27(14-11-22)34-30-7-2-1-6-29(30)32(37)38/h1-18,33-35H,19-20H2,(H,37,38). The Labute approximate surface area is 220 Å². The molecule has 0 bridgehead atoms. The van der Waals surface area contributed by atoms with Gasteiger partial charge in [0.25, 0.3) is 0 Å². The lowest BCUT2D eigenvalue weighted by atomic mass is 10.0. The average molecular weight is 503 g/mol. The molecule has 5 aromatic rings. The van der Waals surface area contributed by atoms with Gasteiger partial charge in [-0.3, -0.25) is 4.79 Å². The number of hydrogen-bond acceptors (Lipinski definition) is 5. The number of rotatable bonds is 9. The van der Waals surface area contributed by atoms with Gasteiger partial charge in [-0.15, -0.1) is 0 Å². The van der Waals surface area contributed by atoms with Gasteiger partial charge in [-0.25, -0.2) is 4.79 Å². The number of anilines is 2. The molecule has 0 amide bonds. The summed E-state index contributed by atoms with van der Waals surface area (Å²) in [6.07, 6.45) is 0. The van der Waals surface area contributed by atoms with Crippen molar-refractivity contribution in [2.45, 2.75) is 6.54 Å². The highest BCUT2D eigenvalue weighted by Crippen LogP contribution is 2.26. The van der Waals surface area contributed by atoms with Gasteiger partial charge < -0.3 is 20.8 Å². The molecule has 6 heteroatoms. The Kier molecular flexibility index (Phi) is 7.15. The van der Waals surface area contributed by atoms with Crippen LogP contribution >= 0.6 is 0 Å². The van der Waals surface area contributed by atoms with E-state index in [0.717, 1.165) is 33.2 Å². The van der Waals surface area contributed by atoms with Gasteiger partial charge in [-0.05, 0) is 76.0 Å². The maximum Gasteiger partial charge on any atom is 0.337 e. The number of carbonyl (C=O) groups is 2. The second-order valence-corrected chi connectivity index (χ2v) is 9.03. The molecule has 0 aliphatic heterocycles. The molecule has 38 heavy (non-hydrogen) atoms. The number of carboxylic acids is 1. The molecule has 4 N–H and O–H groups in total. The van der Waals surface area contributed by atoms with Crippen LogP contribution in [0.3, 0.4) is 0 Å². The molecule has 0 saturated carbocycles. The number of phenolic OH excluding ortho intramolecular Hbond substituents is 1. The molecule has 0 unspecified atom stereocenters. The van der Waals surface area contributed by atoms with Gasteiger partial charge >= 0.3 is 5.97 Å². The van der Waals surface area contributed by atoms with E-state index in [1.807, 2.05) is 54.6 Å². The summed E-state index contributed by atoms with van der Waals surface area (Å²) in [5.41, 5.74) is 5.32. The zero-order valence-electron chi connectivity index (χ0n) is 20.5. The first-order chi connectivity index (χ1) is 18.5. The van der Waals surface area contributed by atoms with E-state index in [-0.39, 0.29) is 23.6 Å². The van der Waals surface area contributed by atoms with E-state index in [4.69, 9.17) is 0 Å². The maximum absolute atomic E-state index is 12.7. The molecule has 0 fully saturated rings. The zero-order valence-corrected chi connectivity index (χ0v) is 20.5. The van der Waals surface area contributed by atoms with E-state index in [1.54, 1.807) is 48.5 Å². The van der Waals surface area contributed by atoms with Crippen LogP contribution in [-0.4, -0.2) is 28.5 Å². The number of carboxylic acid groups (broad SMARTS) is 1. The molecule has 0 aromatic heterocycles. The Hall–Kier alpha value is -4.94. The van der Waals surface area contributed by atoms with Crippen LogP contribution in [0.1, 0.15) is 26.3 Å². The Balaban J connectivity index is 1.21. The lowest BCUT2D eigenvalue weighted by Gasteiger charge is -2.11. The molecule has 5 aromatic carbocycles. The van der Waals surface area contributed by atoms with Gasteiger partial charge in [0.2, 0.25) is 0 Å². The Bertz CT molecular complexity index is 1630. The summed E-state index contributed by atoms with van der Waals surface area (Å²) in [4.78, 5) is 24.2. The fourth-order valence-corrected chi connectivity index (χ4v) is 4.37. The van der Waals surface area contributed by atoms with E-state index >= 15 is 0 Å². The van der Waals surface area contributed by atoms with Crippen molar-refractivity contribution in [2.75, 3.05) is 11.9 Å². The molecular formula is C32H26N2O4. The lowest BCUT2D eigenvalue weighted by Crippen LogP contribution is -2.22. The van der Waals surface area contributed by atoms with Crippen molar-refractivity contribution >= 4 is 33.9 Å². The van der Waals surface area contributed by atoms with Gasteiger partial charge in [0, 0.05) is 17.8 Å². The third kappa shape index (κ3) is 5.72. The van der Waals surface area contributed by atoms with E-state index in [2.05, 4.69) is 16.7 Å². The van der Waals surface area contributed by atoms with Crippen LogP contribution in [0, 0.1) is 0 Å². The smallest absolute Gasteiger partial charge is 0.337 e. The van der Waals surface area contributed by atoms with Crippen molar-refractivity contribution < 1.29 is 19.8 Å². The lowest BCUT2D eigenvalue weighted by molar-refractivity contribution is 0.0697. The highest BCUT2D eigenvalue weighted by Gasteiger charge is 2.10. The first kappa shape index (κ1) is 24.7. The maximum atomic E-state index is 12.7. The summed E-state index contributed by atoms with van der Waals surface area (Å²) in [6, 6.07) is 33.3. The fourth-order valence-electron chi connectivity index (χ4n) is 4.37. The molecule has 0 saturated heterocycles. The Morgan fingerprint density at radius 1 is 0.711 bits per heavy atom. The summed E-state index contributed by atoms with van der Waals surface area (Å²) in [5, 5.41) is 27.2. The number of ketones is 1. The average Bonchev–Trinajstić information content (AvgIpc) is 2.93. The van der Waals surface area contributed by atoms with Crippen LogP contribution in [0.5, 0.6) is 5.75 Å². The number of aromatic carboxylic acids is 1. The van der Waals surface area contributed by atoms with Crippen molar-refractivity contribution in [3.05, 3.63) is 126 Å². The number of aromatic hydroxyl groups is 1. The minimum absolute atomic E-state index is 0.00342.